The van der Waals surface area contributed by atoms with Gasteiger partial charge in [-0.05, 0) is 37.6 Å². The summed E-state index contributed by atoms with van der Waals surface area (Å²) in [7, 11) is 4.81. The lowest BCUT2D eigenvalue weighted by atomic mass is 10.0. The van der Waals surface area contributed by atoms with E-state index < -0.39 is 0 Å². The minimum absolute atomic E-state index is 0.190. The molecule has 0 saturated heterocycles. The van der Waals surface area contributed by atoms with Gasteiger partial charge in [0.2, 0.25) is 0 Å². The van der Waals surface area contributed by atoms with Crippen LogP contribution in [0.1, 0.15) is 29.7 Å². The smallest absolute Gasteiger partial charge is 0.315 e. The number of amides is 2. The highest BCUT2D eigenvalue weighted by molar-refractivity contribution is 5.74. The first kappa shape index (κ1) is 19.4. The molecule has 1 atom stereocenters. The van der Waals surface area contributed by atoms with Crippen molar-refractivity contribution in [3.05, 3.63) is 53.1 Å². The van der Waals surface area contributed by atoms with Crippen LogP contribution in [0.15, 0.2) is 36.4 Å². The van der Waals surface area contributed by atoms with Crippen molar-refractivity contribution in [2.75, 3.05) is 21.3 Å². The zero-order valence-electron chi connectivity index (χ0n) is 15.9. The largest absolute Gasteiger partial charge is 0.497 e. The molecule has 6 heteroatoms. The Labute approximate surface area is 154 Å². The van der Waals surface area contributed by atoms with Gasteiger partial charge in [-0.2, -0.15) is 0 Å². The summed E-state index contributed by atoms with van der Waals surface area (Å²) in [6.07, 6.45) is 0. The van der Waals surface area contributed by atoms with Crippen molar-refractivity contribution in [2.24, 2.45) is 0 Å². The molecule has 0 aliphatic rings. The molecular weight excluding hydrogens is 332 g/mol. The summed E-state index contributed by atoms with van der Waals surface area (Å²) in [6.45, 7) is 4.29. The molecule has 1 unspecified atom stereocenters. The van der Waals surface area contributed by atoms with Crippen LogP contribution in [-0.4, -0.2) is 27.4 Å². The van der Waals surface area contributed by atoms with Crippen LogP contribution in [0.25, 0.3) is 0 Å². The van der Waals surface area contributed by atoms with E-state index in [1.807, 2.05) is 44.2 Å². The Kier molecular flexibility index (Phi) is 6.72. The van der Waals surface area contributed by atoms with Gasteiger partial charge >= 0.3 is 6.03 Å². The summed E-state index contributed by atoms with van der Waals surface area (Å²) in [5.41, 5.74) is 2.93. The fourth-order valence-electron chi connectivity index (χ4n) is 2.67. The standard InChI is InChI=1S/C20H26N2O4/c1-13-6-7-19(26-5)18(8-13)14(2)22-20(23)21-12-15-9-16(24-3)11-17(10-15)25-4/h6-11,14H,12H2,1-5H3,(H2,21,22,23). The number of hydrogen-bond donors (Lipinski definition) is 2. The molecule has 2 aromatic rings. The SMILES string of the molecule is COc1cc(CNC(=O)NC(C)c2cc(C)ccc2OC)cc(OC)c1. The second-order valence-corrected chi connectivity index (χ2v) is 6.02. The lowest BCUT2D eigenvalue weighted by molar-refractivity contribution is 0.237. The van der Waals surface area contributed by atoms with Gasteiger partial charge in [0.15, 0.2) is 0 Å². The summed E-state index contributed by atoms with van der Waals surface area (Å²) >= 11 is 0. The monoisotopic (exact) mass is 358 g/mol. The molecular formula is C20H26N2O4. The lowest BCUT2D eigenvalue weighted by Crippen LogP contribution is -2.36. The third-order valence-corrected chi connectivity index (χ3v) is 4.06. The molecule has 2 amide bonds. The number of carbonyl (C=O) groups is 1. The van der Waals surface area contributed by atoms with Crippen molar-refractivity contribution in [1.29, 1.82) is 0 Å². The van der Waals surface area contributed by atoms with Gasteiger partial charge in [-0.15, -0.1) is 0 Å². The summed E-state index contributed by atoms with van der Waals surface area (Å²) in [5.74, 6) is 2.11. The predicted molar refractivity (Wildman–Crippen MR) is 101 cm³/mol. The summed E-state index contributed by atoms with van der Waals surface area (Å²) in [4.78, 5) is 12.3. The number of rotatable bonds is 7. The number of methoxy groups -OCH3 is 3. The van der Waals surface area contributed by atoms with E-state index in [1.165, 1.54) is 0 Å². The average Bonchev–Trinajstić information content (AvgIpc) is 2.65. The van der Waals surface area contributed by atoms with Gasteiger partial charge in [0.25, 0.3) is 0 Å². The molecule has 2 N–H and O–H groups in total. The van der Waals surface area contributed by atoms with Gasteiger partial charge < -0.3 is 24.8 Å². The topological polar surface area (TPSA) is 68.8 Å². The highest BCUT2D eigenvalue weighted by Crippen LogP contribution is 2.26. The van der Waals surface area contributed by atoms with Crippen LogP contribution < -0.4 is 24.8 Å². The van der Waals surface area contributed by atoms with E-state index in [9.17, 15) is 4.79 Å². The normalized spacial score (nSPS) is 11.4. The number of carbonyl (C=O) groups excluding carboxylic acids is 1. The minimum Gasteiger partial charge on any atom is -0.497 e. The fourth-order valence-corrected chi connectivity index (χ4v) is 2.67. The maximum Gasteiger partial charge on any atom is 0.315 e. The minimum atomic E-state index is -0.261. The quantitative estimate of drug-likeness (QED) is 0.794. The van der Waals surface area contributed by atoms with Gasteiger partial charge in [0, 0.05) is 18.2 Å². The van der Waals surface area contributed by atoms with Crippen LogP contribution in [0.2, 0.25) is 0 Å². The van der Waals surface area contributed by atoms with E-state index in [1.54, 1.807) is 27.4 Å². The molecule has 0 spiro atoms. The number of nitrogens with one attached hydrogen (secondary N) is 2. The molecule has 140 valence electrons. The van der Waals surface area contributed by atoms with Gasteiger partial charge in [0.1, 0.15) is 17.2 Å². The Morgan fingerprint density at radius 1 is 1.00 bits per heavy atom. The molecule has 0 fully saturated rings. The zero-order valence-corrected chi connectivity index (χ0v) is 15.9. The van der Waals surface area contributed by atoms with Crippen LogP contribution in [0.4, 0.5) is 4.79 Å². The molecule has 2 aromatic carbocycles. The molecule has 0 bridgehead atoms. The van der Waals surface area contributed by atoms with Crippen molar-refractivity contribution >= 4 is 6.03 Å². The van der Waals surface area contributed by atoms with Crippen LogP contribution >= 0.6 is 0 Å². The molecule has 6 nitrogen and oxygen atoms in total. The van der Waals surface area contributed by atoms with E-state index in [2.05, 4.69) is 10.6 Å². The highest BCUT2D eigenvalue weighted by Gasteiger charge is 2.14. The van der Waals surface area contributed by atoms with Crippen molar-refractivity contribution in [1.82, 2.24) is 10.6 Å². The zero-order chi connectivity index (χ0) is 19.1. The molecule has 26 heavy (non-hydrogen) atoms. The first-order valence-electron chi connectivity index (χ1n) is 8.37. The van der Waals surface area contributed by atoms with Gasteiger partial charge in [-0.3, -0.25) is 0 Å². The lowest BCUT2D eigenvalue weighted by Gasteiger charge is -2.18. The second kappa shape index (κ2) is 8.99. The number of urea groups is 1. The molecule has 0 heterocycles. The maximum atomic E-state index is 12.3. The van der Waals surface area contributed by atoms with E-state index in [4.69, 9.17) is 14.2 Å². The van der Waals surface area contributed by atoms with Gasteiger partial charge in [-0.25, -0.2) is 4.79 Å². The molecule has 0 saturated carbocycles. The summed E-state index contributed by atoms with van der Waals surface area (Å²) in [6, 6.07) is 10.9. The highest BCUT2D eigenvalue weighted by atomic mass is 16.5. The Balaban J connectivity index is 2.00. The fraction of sp³-hybridized carbons (Fsp3) is 0.350. The summed E-state index contributed by atoms with van der Waals surface area (Å²) in [5, 5.41) is 5.79. The first-order chi connectivity index (χ1) is 12.5. The summed E-state index contributed by atoms with van der Waals surface area (Å²) < 4.78 is 15.9. The molecule has 2 rings (SSSR count). The van der Waals surface area contributed by atoms with Crippen LogP contribution in [-0.2, 0) is 6.54 Å². The van der Waals surface area contributed by atoms with E-state index in [0.29, 0.717) is 18.0 Å². The number of ether oxygens (including phenoxy) is 3. The second-order valence-electron chi connectivity index (χ2n) is 6.02. The number of benzene rings is 2. The van der Waals surface area contributed by atoms with Crippen molar-refractivity contribution < 1.29 is 19.0 Å². The van der Waals surface area contributed by atoms with Crippen LogP contribution in [0.5, 0.6) is 17.2 Å². The maximum absolute atomic E-state index is 12.3. The Morgan fingerprint density at radius 2 is 1.65 bits per heavy atom. The van der Waals surface area contributed by atoms with Crippen molar-refractivity contribution in [3.8, 4) is 17.2 Å². The van der Waals surface area contributed by atoms with Crippen molar-refractivity contribution in [2.45, 2.75) is 26.4 Å². The number of aryl methyl sites for hydroxylation is 1. The number of hydrogen-bond acceptors (Lipinski definition) is 4. The third-order valence-electron chi connectivity index (χ3n) is 4.06. The van der Waals surface area contributed by atoms with Crippen LogP contribution in [0.3, 0.4) is 0 Å². The Hall–Kier alpha value is -2.89. The van der Waals surface area contributed by atoms with Crippen molar-refractivity contribution in [3.63, 3.8) is 0 Å². The average molecular weight is 358 g/mol. The van der Waals surface area contributed by atoms with Gasteiger partial charge in [0.05, 0.1) is 27.4 Å². The van der Waals surface area contributed by atoms with Crippen LogP contribution in [0, 0.1) is 6.92 Å². The predicted octanol–water partition coefficient (Wildman–Crippen LogP) is 3.58. The molecule has 0 aliphatic heterocycles. The molecule has 0 aliphatic carbocycles. The molecule has 0 aromatic heterocycles. The van der Waals surface area contributed by atoms with E-state index in [0.717, 1.165) is 22.4 Å². The third kappa shape index (κ3) is 5.05. The Morgan fingerprint density at radius 3 is 2.23 bits per heavy atom. The molecule has 0 radical (unpaired) electrons. The van der Waals surface area contributed by atoms with Gasteiger partial charge in [-0.1, -0.05) is 17.7 Å². The van der Waals surface area contributed by atoms with E-state index >= 15 is 0 Å². The first-order valence-corrected chi connectivity index (χ1v) is 8.37. The van der Waals surface area contributed by atoms with E-state index in [-0.39, 0.29) is 12.1 Å². The Bertz CT molecular complexity index is 739.